The van der Waals surface area contributed by atoms with Gasteiger partial charge >= 0.3 is 0 Å². The number of likely N-dealkylation sites (tertiary alicyclic amines) is 1. The van der Waals surface area contributed by atoms with Crippen molar-refractivity contribution < 1.29 is 4.79 Å². The number of piperidine rings is 1. The van der Waals surface area contributed by atoms with Gasteiger partial charge in [-0.1, -0.05) is 25.4 Å². The molecule has 20 heavy (non-hydrogen) atoms. The van der Waals surface area contributed by atoms with Crippen molar-refractivity contribution in [2.24, 2.45) is 11.8 Å². The van der Waals surface area contributed by atoms with Crippen molar-refractivity contribution in [1.82, 2.24) is 9.88 Å². The smallest absolute Gasteiger partial charge is 0.255 e. The lowest BCUT2D eigenvalue weighted by atomic mass is 9.86. The van der Waals surface area contributed by atoms with Crippen LogP contribution in [0.15, 0.2) is 12.3 Å². The highest BCUT2D eigenvalue weighted by Gasteiger charge is 2.26. The summed E-state index contributed by atoms with van der Waals surface area (Å²) >= 11 is 6.11. The Morgan fingerprint density at radius 3 is 2.65 bits per heavy atom. The van der Waals surface area contributed by atoms with Crippen molar-refractivity contribution in [2.45, 2.75) is 26.7 Å². The molecule has 1 saturated heterocycles. The Labute approximate surface area is 125 Å². The Balaban J connectivity index is 2.09. The van der Waals surface area contributed by atoms with Crippen LogP contribution in [0, 0.1) is 11.8 Å². The Bertz CT molecular complexity index is 482. The van der Waals surface area contributed by atoms with Gasteiger partial charge in [0.15, 0.2) is 0 Å². The van der Waals surface area contributed by atoms with E-state index >= 15 is 0 Å². The fraction of sp³-hybridized carbons (Fsp3) is 0.600. The van der Waals surface area contributed by atoms with Crippen LogP contribution in [-0.2, 0) is 0 Å². The van der Waals surface area contributed by atoms with Crippen LogP contribution in [0.4, 0.5) is 5.82 Å². The maximum Gasteiger partial charge on any atom is 0.255 e. The molecular weight excluding hydrogens is 274 g/mol. The van der Waals surface area contributed by atoms with Crippen LogP contribution in [-0.4, -0.2) is 35.9 Å². The van der Waals surface area contributed by atoms with E-state index in [1.807, 2.05) is 4.90 Å². The lowest BCUT2D eigenvalue weighted by Gasteiger charge is -2.34. The molecule has 1 aliphatic heterocycles. The predicted octanol–water partition coefficient (Wildman–Crippen LogP) is 3.28. The summed E-state index contributed by atoms with van der Waals surface area (Å²) < 4.78 is 0. The molecule has 110 valence electrons. The lowest BCUT2D eigenvalue weighted by Crippen LogP contribution is -2.39. The summed E-state index contributed by atoms with van der Waals surface area (Å²) in [6.07, 6.45) is 3.68. The maximum absolute atomic E-state index is 12.6. The van der Waals surface area contributed by atoms with Gasteiger partial charge in [0.2, 0.25) is 0 Å². The molecule has 1 aromatic heterocycles. The number of amides is 1. The number of aromatic nitrogens is 1. The maximum atomic E-state index is 12.6. The zero-order valence-electron chi connectivity index (χ0n) is 12.3. The van der Waals surface area contributed by atoms with E-state index in [1.54, 1.807) is 13.1 Å². The fourth-order valence-electron chi connectivity index (χ4n) is 2.68. The molecule has 2 rings (SSSR count). The lowest BCUT2D eigenvalue weighted by molar-refractivity contribution is 0.0668. The number of hydrogen-bond acceptors (Lipinski definition) is 3. The first-order valence-electron chi connectivity index (χ1n) is 7.15. The number of rotatable bonds is 3. The van der Waals surface area contributed by atoms with Gasteiger partial charge in [0, 0.05) is 26.3 Å². The number of carbonyl (C=O) groups is 1. The van der Waals surface area contributed by atoms with Gasteiger partial charge in [0.05, 0.1) is 10.6 Å². The summed E-state index contributed by atoms with van der Waals surface area (Å²) in [4.78, 5) is 18.6. The number of hydrogen-bond donors (Lipinski definition) is 1. The van der Waals surface area contributed by atoms with Crippen molar-refractivity contribution in [2.75, 3.05) is 25.5 Å². The van der Waals surface area contributed by atoms with E-state index in [9.17, 15) is 4.79 Å². The minimum atomic E-state index is 0.0103. The molecule has 1 fully saturated rings. The van der Waals surface area contributed by atoms with E-state index < -0.39 is 0 Å². The highest BCUT2D eigenvalue weighted by atomic mass is 35.5. The third-order valence-electron chi connectivity index (χ3n) is 4.11. The van der Waals surface area contributed by atoms with E-state index in [-0.39, 0.29) is 5.91 Å². The number of halogens is 1. The van der Waals surface area contributed by atoms with Gasteiger partial charge in [0.25, 0.3) is 5.91 Å². The number of anilines is 1. The molecular formula is C15H22ClN3O. The number of nitrogens with zero attached hydrogens (tertiary/aromatic N) is 2. The normalized spacial score (nSPS) is 16.6. The number of nitrogens with one attached hydrogen (secondary N) is 1. The van der Waals surface area contributed by atoms with Gasteiger partial charge in [-0.3, -0.25) is 4.79 Å². The first kappa shape index (κ1) is 15.1. The minimum absolute atomic E-state index is 0.0103. The van der Waals surface area contributed by atoms with Crippen LogP contribution in [0.1, 0.15) is 37.0 Å². The Morgan fingerprint density at radius 1 is 1.45 bits per heavy atom. The molecule has 1 amide bonds. The average molecular weight is 296 g/mol. The highest BCUT2D eigenvalue weighted by molar-refractivity contribution is 6.33. The molecule has 1 aromatic rings. The van der Waals surface area contributed by atoms with Crippen LogP contribution >= 0.6 is 11.6 Å². The van der Waals surface area contributed by atoms with Crippen molar-refractivity contribution in [3.8, 4) is 0 Å². The van der Waals surface area contributed by atoms with Crippen molar-refractivity contribution in [3.05, 3.63) is 22.8 Å². The van der Waals surface area contributed by atoms with Crippen molar-refractivity contribution >= 4 is 23.3 Å². The Kier molecular flexibility index (Phi) is 4.86. The van der Waals surface area contributed by atoms with Gasteiger partial charge in [-0.25, -0.2) is 4.98 Å². The quantitative estimate of drug-likeness (QED) is 0.931. The molecule has 0 spiro atoms. The van der Waals surface area contributed by atoms with Crippen molar-refractivity contribution in [3.63, 3.8) is 0 Å². The second-order valence-corrected chi connectivity index (χ2v) is 6.08. The van der Waals surface area contributed by atoms with E-state index in [0.29, 0.717) is 22.3 Å². The van der Waals surface area contributed by atoms with Crippen LogP contribution in [0.3, 0.4) is 0 Å². The van der Waals surface area contributed by atoms with E-state index in [0.717, 1.165) is 31.8 Å². The standard InChI is InChI=1S/C15H22ClN3O/c1-10(2)11-4-6-19(7-5-11)15(20)12-8-14(17-3)18-9-13(12)16/h8-11H,4-7H2,1-3H3,(H,17,18). The minimum Gasteiger partial charge on any atom is -0.373 e. The number of pyridine rings is 1. The summed E-state index contributed by atoms with van der Waals surface area (Å²) in [6, 6.07) is 1.72. The first-order valence-corrected chi connectivity index (χ1v) is 7.53. The Morgan fingerprint density at radius 2 is 2.10 bits per heavy atom. The van der Waals surface area contributed by atoms with Gasteiger partial charge in [-0.05, 0) is 30.7 Å². The molecule has 1 N–H and O–H groups in total. The molecule has 1 aliphatic rings. The molecule has 0 aromatic carbocycles. The van der Waals surface area contributed by atoms with Crippen LogP contribution < -0.4 is 5.32 Å². The van der Waals surface area contributed by atoms with Gasteiger partial charge in [-0.2, -0.15) is 0 Å². The van der Waals surface area contributed by atoms with E-state index in [1.165, 1.54) is 6.20 Å². The zero-order chi connectivity index (χ0) is 14.7. The van der Waals surface area contributed by atoms with E-state index in [2.05, 4.69) is 24.1 Å². The predicted molar refractivity (Wildman–Crippen MR) is 82.3 cm³/mol. The molecule has 0 radical (unpaired) electrons. The second kappa shape index (κ2) is 6.44. The third kappa shape index (κ3) is 3.23. The molecule has 5 heteroatoms. The van der Waals surface area contributed by atoms with Crippen molar-refractivity contribution in [1.29, 1.82) is 0 Å². The highest BCUT2D eigenvalue weighted by Crippen LogP contribution is 2.27. The van der Waals surface area contributed by atoms with E-state index in [4.69, 9.17) is 11.6 Å². The van der Waals surface area contributed by atoms with Gasteiger partial charge in [-0.15, -0.1) is 0 Å². The summed E-state index contributed by atoms with van der Waals surface area (Å²) in [5.74, 6) is 2.08. The summed E-state index contributed by atoms with van der Waals surface area (Å²) in [5, 5.41) is 3.35. The SMILES string of the molecule is CNc1cc(C(=O)N2CCC(C(C)C)CC2)c(Cl)cn1. The topological polar surface area (TPSA) is 45.2 Å². The molecule has 4 nitrogen and oxygen atoms in total. The largest absolute Gasteiger partial charge is 0.373 e. The number of carbonyl (C=O) groups excluding carboxylic acids is 1. The summed E-state index contributed by atoms with van der Waals surface area (Å²) in [7, 11) is 1.78. The molecule has 0 bridgehead atoms. The fourth-order valence-corrected chi connectivity index (χ4v) is 2.86. The molecule has 0 saturated carbocycles. The van der Waals surface area contributed by atoms with Gasteiger partial charge in [0.1, 0.15) is 5.82 Å². The second-order valence-electron chi connectivity index (χ2n) is 5.67. The third-order valence-corrected chi connectivity index (χ3v) is 4.41. The molecule has 0 atom stereocenters. The molecule has 0 aliphatic carbocycles. The first-order chi connectivity index (χ1) is 9.52. The molecule has 2 heterocycles. The van der Waals surface area contributed by atoms with Crippen LogP contribution in [0.5, 0.6) is 0 Å². The average Bonchev–Trinajstić information content (AvgIpc) is 2.47. The molecule has 0 unspecified atom stereocenters. The zero-order valence-corrected chi connectivity index (χ0v) is 13.1. The summed E-state index contributed by atoms with van der Waals surface area (Å²) in [6.45, 7) is 6.13. The van der Waals surface area contributed by atoms with Gasteiger partial charge < -0.3 is 10.2 Å². The van der Waals surface area contributed by atoms with Crippen LogP contribution in [0.2, 0.25) is 5.02 Å². The monoisotopic (exact) mass is 295 g/mol. The van der Waals surface area contributed by atoms with Crippen LogP contribution in [0.25, 0.3) is 0 Å². The Hall–Kier alpha value is -1.29. The summed E-state index contributed by atoms with van der Waals surface area (Å²) in [5.41, 5.74) is 0.536.